The van der Waals surface area contributed by atoms with E-state index in [9.17, 15) is 4.79 Å². The maximum atomic E-state index is 11.1. The zero-order chi connectivity index (χ0) is 14.5. The van der Waals surface area contributed by atoms with E-state index in [1.165, 1.54) is 19.4 Å². The molecule has 0 bridgehead atoms. The van der Waals surface area contributed by atoms with Gasteiger partial charge in [0.25, 0.3) is 0 Å². The molecule has 0 aliphatic rings. The molecule has 2 N–H and O–H groups in total. The number of carbonyl (C=O) groups is 1. The first-order chi connectivity index (χ1) is 9.65. The van der Waals surface area contributed by atoms with Gasteiger partial charge in [0.15, 0.2) is 0 Å². The zero-order valence-corrected chi connectivity index (χ0v) is 10.6. The lowest BCUT2D eigenvalue weighted by Crippen LogP contribution is -2.05. The van der Waals surface area contributed by atoms with E-state index in [1.807, 2.05) is 6.07 Å². The highest BCUT2D eigenvalue weighted by molar-refractivity contribution is 5.94. The van der Waals surface area contributed by atoms with E-state index in [0.717, 1.165) is 0 Å². The van der Waals surface area contributed by atoms with Crippen LogP contribution in [0.15, 0.2) is 36.5 Å². The fourth-order valence-electron chi connectivity index (χ4n) is 1.67. The first-order valence-corrected chi connectivity index (χ1v) is 5.69. The van der Waals surface area contributed by atoms with Gasteiger partial charge < -0.3 is 15.2 Å². The van der Waals surface area contributed by atoms with Crippen LogP contribution in [0.5, 0.6) is 5.75 Å². The van der Waals surface area contributed by atoms with Crippen LogP contribution in [0.3, 0.4) is 0 Å². The van der Waals surface area contributed by atoms with Crippen molar-refractivity contribution in [2.24, 2.45) is 0 Å². The first-order valence-electron chi connectivity index (χ1n) is 5.69. The predicted molar refractivity (Wildman–Crippen MR) is 72.2 cm³/mol. The molecule has 0 atom stereocenters. The Labute approximate surface area is 115 Å². The molecule has 100 valence electrons. The average Bonchev–Trinajstić information content (AvgIpc) is 2.48. The van der Waals surface area contributed by atoms with Crippen LogP contribution in [0.1, 0.15) is 15.9 Å². The molecule has 0 amide bonds. The van der Waals surface area contributed by atoms with Gasteiger partial charge in [-0.3, -0.25) is 0 Å². The number of ether oxygens (including phenoxy) is 1. The first kappa shape index (κ1) is 13.4. The highest BCUT2D eigenvalue weighted by Crippen LogP contribution is 2.29. The van der Waals surface area contributed by atoms with Crippen molar-refractivity contribution in [2.75, 3.05) is 12.4 Å². The summed E-state index contributed by atoms with van der Waals surface area (Å²) >= 11 is 0. The Bertz CT molecular complexity index is 692. The third kappa shape index (κ3) is 2.67. The molecule has 0 aliphatic heterocycles. The van der Waals surface area contributed by atoms with Crippen LogP contribution < -0.4 is 10.1 Å². The standard InChI is InChI=1S/C14H11N3O3/c1-20-12-7-9(8-15)4-5-11(12)17-13-10(14(18)19)3-2-6-16-13/h2-7H,1H3,(H,16,17)(H,18,19). The molecule has 6 nitrogen and oxygen atoms in total. The third-order valence-corrected chi connectivity index (χ3v) is 2.62. The Hall–Kier alpha value is -3.07. The molecule has 20 heavy (non-hydrogen) atoms. The largest absolute Gasteiger partial charge is 0.495 e. The van der Waals surface area contributed by atoms with Crippen LogP contribution in [0.4, 0.5) is 11.5 Å². The normalized spacial score (nSPS) is 9.60. The molecular formula is C14H11N3O3. The average molecular weight is 269 g/mol. The number of rotatable bonds is 4. The van der Waals surface area contributed by atoms with E-state index in [2.05, 4.69) is 10.3 Å². The summed E-state index contributed by atoms with van der Waals surface area (Å²) in [5.41, 5.74) is 1.04. The lowest BCUT2D eigenvalue weighted by molar-refractivity contribution is 0.0697. The summed E-state index contributed by atoms with van der Waals surface area (Å²) in [4.78, 5) is 15.1. The second-order valence-electron chi connectivity index (χ2n) is 3.86. The summed E-state index contributed by atoms with van der Waals surface area (Å²) in [5.74, 6) is -0.428. The second-order valence-corrected chi connectivity index (χ2v) is 3.86. The van der Waals surface area contributed by atoms with Gasteiger partial charge >= 0.3 is 5.97 Å². The van der Waals surface area contributed by atoms with E-state index < -0.39 is 5.97 Å². The van der Waals surface area contributed by atoms with Crippen molar-refractivity contribution in [1.82, 2.24) is 4.98 Å². The van der Waals surface area contributed by atoms with Crippen molar-refractivity contribution in [1.29, 1.82) is 5.26 Å². The minimum Gasteiger partial charge on any atom is -0.495 e. The minimum absolute atomic E-state index is 0.0545. The molecule has 0 saturated carbocycles. The molecule has 0 radical (unpaired) electrons. The summed E-state index contributed by atoms with van der Waals surface area (Å²) < 4.78 is 5.17. The number of carboxylic acids is 1. The highest BCUT2D eigenvalue weighted by Gasteiger charge is 2.12. The van der Waals surface area contributed by atoms with Crippen LogP contribution in [0.25, 0.3) is 0 Å². The fourth-order valence-corrected chi connectivity index (χ4v) is 1.67. The number of aromatic carboxylic acids is 1. The van der Waals surface area contributed by atoms with Gasteiger partial charge in [-0.2, -0.15) is 5.26 Å². The molecule has 0 aliphatic carbocycles. The van der Waals surface area contributed by atoms with Crippen molar-refractivity contribution >= 4 is 17.5 Å². The minimum atomic E-state index is -1.08. The van der Waals surface area contributed by atoms with E-state index in [4.69, 9.17) is 15.1 Å². The number of nitriles is 1. The summed E-state index contributed by atoms with van der Waals surface area (Å²) in [6.07, 6.45) is 1.49. The third-order valence-electron chi connectivity index (χ3n) is 2.62. The van der Waals surface area contributed by atoms with Crippen LogP contribution in [-0.4, -0.2) is 23.2 Å². The van der Waals surface area contributed by atoms with Crippen molar-refractivity contribution < 1.29 is 14.6 Å². The van der Waals surface area contributed by atoms with Gasteiger partial charge in [-0.05, 0) is 24.3 Å². The van der Waals surface area contributed by atoms with Crippen LogP contribution in [0, 0.1) is 11.3 Å². The smallest absolute Gasteiger partial charge is 0.339 e. The summed E-state index contributed by atoms with van der Waals surface area (Å²) in [7, 11) is 1.47. The van der Waals surface area contributed by atoms with Gasteiger partial charge in [-0.25, -0.2) is 9.78 Å². The van der Waals surface area contributed by atoms with Gasteiger partial charge in [-0.15, -0.1) is 0 Å². The second kappa shape index (κ2) is 5.71. The number of hydrogen-bond donors (Lipinski definition) is 2. The number of nitrogens with zero attached hydrogens (tertiary/aromatic N) is 2. The van der Waals surface area contributed by atoms with Gasteiger partial charge in [-0.1, -0.05) is 0 Å². The quantitative estimate of drug-likeness (QED) is 0.884. The molecule has 0 saturated heterocycles. The molecule has 1 heterocycles. The maximum absolute atomic E-state index is 11.1. The number of anilines is 2. The molecule has 1 aromatic heterocycles. The molecular weight excluding hydrogens is 258 g/mol. The Morgan fingerprint density at radius 3 is 2.90 bits per heavy atom. The van der Waals surface area contributed by atoms with Gasteiger partial charge in [0, 0.05) is 12.3 Å². The fraction of sp³-hybridized carbons (Fsp3) is 0.0714. The molecule has 1 aromatic carbocycles. The molecule has 0 unspecified atom stereocenters. The maximum Gasteiger partial charge on any atom is 0.339 e. The van der Waals surface area contributed by atoms with Crippen molar-refractivity contribution in [2.45, 2.75) is 0 Å². The number of benzene rings is 1. The summed E-state index contributed by atoms with van der Waals surface area (Å²) in [6, 6.07) is 9.81. The van der Waals surface area contributed by atoms with Crippen molar-refractivity contribution in [3.05, 3.63) is 47.7 Å². The van der Waals surface area contributed by atoms with Crippen LogP contribution >= 0.6 is 0 Å². The Morgan fingerprint density at radius 1 is 1.45 bits per heavy atom. The number of hydrogen-bond acceptors (Lipinski definition) is 5. The Kier molecular flexibility index (Phi) is 3.82. The zero-order valence-electron chi connectivity index (χ0n) is 10.6. The summed E-state index contributed by atoms with van der Waals surface area (Å²) in [5, 5.41) is 20.8. The van der Waals surface area contributed by atoms with Crippen molar-refractivity contribution in [3.8, 4) is 11.8 Å². The molecule has 0 spiro atoms. The lowest BCUT2D eigenvalue weighted by atomic mass is 10.2. The van der Waals surface area contributed by atoms with E-state index >= 15 is 0 Å². The van der Waals surface area contributed by atoms with Gasteiger partial charge in [0.1, 0.15) is 17.1 Å². The van der Waals surface area contributed by atoms with Gasteiger partial charge in [0.05, 0.1) is 24.4 Å². The lowest BCUT2D eigenvalue weighted by Gasteiger charge is -2.12. The molecule has 0 fully saturated rings. The van der Waals surface area contributed by atoms with E-state index in [0.29, 0.717) is 17.0 Å². The molecule has 2 rings (SSSR count). The SMILES string of the molecule is COc1cc(C#N)ccc1Nc1ncccc1C(=O)O. The number of methoxy groups -OCH3 is 1. The number of nitrogens with one attached hydrogen (secondary N) is 1. The molecule has 2 aromatic rings. The van der Waals surface area contributed by atoms with Crippen LogP contribution in [0.2, 0.25) is 0 Å². The summed E-state index contributed by atoms with van der Waals surface area (Å²) in [6.45, 7) is 0. The number of pyridine rings is 1. The van der Waals surface area contributed by atoms with E-state index in [-0.39, 0.29) is 11.4 Å². The van der Waals surface area contributed by atoms with Crippen molar-refractivity contribution in [3.63, 3.8) is 0 Å². The van der Waals surface area contributed by atoms with E-state index in [1.54, 1.807) is 24.3 Å². The topological polar surface area (TPSA) is 95.2 Å². The Morgan fingerprint density at radius 2 is 2.25 bits per heavy atom. The monoisotopic (exact) mass is 269 g/mol. The highest BCUT2D eigenvalue weighted by atomic mass is 16.5. The van der Waals surface area contributed by atoms with Gasteiger partial charge in [0.2, 0.25) is 0 Å². The van der Waals surface area contributed by atoms with Crippen LogP contribution in [-0.2, 0) is 0 Å². The molecule has 6 heteroatoms. The Balaban J connectivity index is 2.40. The predicted octanol–water partition coefficient (Wildman–Crippen LogP) is 2.40. The number of aromatic nitrogens is 1. The number of carboxylic acid groups (broad SMARTS) is 1.